The van der Waals surface area contributed by atoms with Crippen LogP contribution >= 0.6 is 0 Å². The summed E-state index contributed by atoms with van der Waals surface area (Å²) in [7, 11) is 0. The third-order valence-corrected chi connectivity index (χ3v) is 1.81. The lowest BCUT2D eigenvalue weighted by Gasteiger charge is -2.24. The van der Waals surface area contributed by atoms with Gasteiger partial charge in [-0.05, 0) is 25.7 Å². The zero-order valence-electron chi connectivity index (χ0n) is 5.61. The SMILES string of the molecule is C[C]1OCCCC1C. The van der Waals surface area contributed by atoms with Gasteiger partial charge in [0, 0.05) is 6.61 Å². The van der Waals surface area contributed by atoms with Crippen molar-refractivity contribution >= 4 is 0 Å². The van der Waals surface area contributed by atoms with Crippen LogP contribution in [0, 0.1) is 12.0 Å². The molecule has 1 heteroatoms. The zero-order valence-corrected chi connectivity index (χ0v) is 5.61. The van der Waals surface area contributed by atoms with E-state index in [0.29, 0.717) is 5.92 Å². The lowest BCUT2D eigenvalue weighted by Crippen LogP contribution is -2.16. The predicted molar refractivity (Wildman–Crippen MR) is 33.3 cm³/mol. The van der Waals surface area contributed by atoms with Gasteiger partial charge in [0.2, 0.25) is 0 Å². The highest BCUT2D eigenvalue weighted by atomic mass is 16.5. The number of rotatable bonds is 0. The molecule has 0 saturated carbocycles. The fourth-order valence-corrected chi connectivity index (χ4v) is 0.968. The van der Waals surface area contributed by atoms with Crippen LogP contribution < -0.4 is 0 Å². The molecule has 1 aliphatic heterocycles. The number of hydrogen-bond acceptors (Lipinski definition) is 1. The molecule has 1 aliphatic rings. The maximum atomic E-state index is 5.31. The average Bonchev–Trinajstić information content (AvgIpc) is 1.77. The molecule has 1 saturated heterocycles. The first kappa shape index (κ1) is 6.09. The summed E-state index contributed by atoms with van der Waals surface area (Å²) in [6.07, 6.45) is 3.76. The van der Waals surface area contributed by atoms with Gasteiger partial charge in [-0.1, -0.05) is 6.92 Å². The Kier molecular flexibility index (Phi) is 1.90. The van der Waals surface area contributed by atoms with Crippen LogP contribution in [0.25, 0.3) is 0 Å². The van der Waals surface area contributed by atoms with Crippen molar-refractivity contribution in [2.75, 3.05) is 6.61 Å². The van der Waals surface area contributed by atoms with Crippen molar-refractivity contribution in [1.82, 2.24) is 0 Å². The first-order valence-corrected chi connectivity index (χ1v) is 3.27. The molecule has 8 heavy (non-hydrogen) atoms. The fourth-order valence-electron chi connectivity index (χ4n) is 0.968. The molecular weight excluding hydrogens is 100 g/mol. The van der Waals surface area contributed by atoms with Crippen molar-refractivity contribution in [1.29, 1.82) is 0 Å². The quantitative estimate of drug-likeness (QED) is 0.466. The Morgan fingerprint density at radius 2 is 2.38 bits per heavy atom. The molecule has 0 spiro atoms. The van der Waals surface area contributed by atoms with Crippen molar-refractivity contribution < 1.29 is 4.74 Å². The Bertz CT molecular complexity index is 60.8. The van der Waals surface area contributed by atoms with Crippen molar-refractivity contribution in [2.45, 2.75) is 26.7 Å². The molecule has 0 aliphatic carbocycles. The molecule has 0 N–H and O–H groups in total. The fraction of sp³-hybridized carbons (Fsp3) is 0.857. The minimum Gasteiger partial charge on any atom is -0.372 e. The second-order valence-electron chi connectivity index (χ2n) is 2.50. The molecule has 0 amide bonds. The summed E-state index contributed by atoms with van der Waals surface area (Å²) >= 11 is 0. The highest BCUT2D eigenvalue weighted by Crippen LogP contribution is 2.24. The van der Waals surface area contributed by atoms with Crippen LogP contribution in [0.2, 0.25) is 0 Å². The standard InChI is InChI=1S/C7H13O/c1-6-4-3-5-8-7(6)2/h6H,3-5H2,1-2H3. The van der Waals surface area contributed by atoms with E-state index in [1.807, 2.05) is 0 Å². The molecule has 1 heterocycles. The molecule has 1 nitrogen and oxygen atoms in total. The Balaban J connectivity index is 2.28. The summed E-state index contributed by atoms with van der Waals surface area (Å²) in [5.41, 5.74) is 0. The molecule has 1 unspecified atom stereocenters. The minimum atomic E-state index is 0.698. The van der Waals surface area contributed by atoms with Crippen molar-refractivity contribution in [3.05, 3.63) is 6.10 Å². The average molecular weight is 113 g/mol. The Morgan fingerprint density at radius 3 is 2.75 bits per heavy atom. The molecule has 0 aromatic rings. The van der Waals surface area contributed by atoms with Gasteiger partial charge in [0.15, 0.2) is 0 Å². The monoisotopic (exact) mass is 113 g/mol. The molecule has 1 fully saturated rings. The van der Waals surface area contributed by atoms with E-state index >= 15 is 0 Å². The summed E-state index contributed by atoms with van der Waals surface area (Å²) in [5, 5.41) is 0. The number of hydrogen-bond donors (Lipinski definition) is 0. The number of ether oxygens (including phenoxy) is 1. The molecule has 1 radical (unpaired) electrons. The van der Waals surface area contributed by atoms with Crippen LogP contribution in [-0.4, -0.2) is 6.61 Å². The van der Waals surface area contributed by atoms with Crippen LogP contribution in [0.1, 0.15) is 26.7 Å². The van der Waals surface area contributed by atoms with Gasteiger partial charge in [0.25, 0.3) is 0 Å². The minimum absolute atomic E-state index is 0.698. The third kappa shape index (κ3) is 1.22. The van der Waals surface area contributed by atoms with E-state index in [1.165, 1.54) is 18.9 Å². The molecular formula is C7H13O. The summed E-state index contributed by atoms with van der Waals surface area (Å²) in [4.78, 5) is 0. The van der Waals surface area contributed by atoms with Crippen molar-refractivity contribution in [2.24, 2.45) is 5.92 Å². The summed E-state index contributed by atoms with van der Waals surface area (Å²) < 4.78 is 5.31. The second-order valence-corrected chi connectivity index (χ2v) is 2.50. The lowest BCUT2D eigenvalue weighted by atomic mass is 9.98. The summed E-state index contributed by atoms with van der Waals surface area (Å²) in [5.74, 6) is 0.698. The topological polar surface area (TPSA) is 9.23 Å². The maximum Gasteiger partial charge on any atom is 0.0968 e. The summed E-state index contributed by atoms with van der Waals surface area (Å²) in [6.45, 7) is 5.23. The van der Waals surface area contributed by atoms with Gasteiger partial charge in [0.1, 0.15) is 0 Å². The van der Waals surface area contributed by atoms with Crippen LogP contribution in [0.5, 0.6) is 0 Å². The Morgan fingerprint density at radius 1 is 1.62 bits per heavy atom. The van der Waals surface area contributed by atoms with Crippen LogP contribution in [-0.2, 0) is 4.74 Å². The van der Waals surface area contributed by atoms with Crippen LogP contribution in [0.4, 0.5) is 0 Å². The zero-order chi connectivity index (χ0) is 5.98. The highest BCUT2D eigenvalue weighted by Gasteiger charge is 2.17. The van der Waals surface area contributed by atoms with Crippen LogP contribution in [0.15, 0.2) is 0 Å². The smallest absolute Gasteiger partial charge is 0.0968 e. The van der Waals surface area contributed by atoms with E-state index < -0.39 is 0 Å². The van der Waals surface area contributed by atoms with Gasteiger partial charge in [-0.15, -0.1) is 0 Å². The van der Waals surface area contributed by atoms with E-state index in [4.69, 9.17) is 4.74 Å². The lowest BCUT2D eigenvalue weighted by molar-refractivity contribution is 0.0728. The second kappa shape index (κ2) is 2.49. The normalized spacial score (nSPS) is 33.0. The predicted octanol–water partition coefficient (Wildman–Crippen LogP) is 1.98. The largest absolute Gasteiger partial charge is 0.372 e. The van der Waals surface area contributed by atoms with E-state index in [0.717, 1.165) is 6.61 Å². The maximum absolute atomic E-state index is 5.31. The first-order valence-electron chi connectivity index (χ1n) is 3.27. The van der Waals surface area contributed by atoms with Crippen molar-refractivity contribution in [3.8, 4) is 0 Å². The molecule has 1 atom stereocenters. The van der Waals surface area contributed by atoms with Gasteiger partial charge < -0.3 is 4.74 Å². The van der Waals surface area contributed by atoms with Gasteiger partial charge in [0.05, 0.1) is 6.10 Å². The van der Waals surface area contributed by atoms with Gasteiger partial charge >= 0.3 is 0 Å². The van der Waals surface area contributed by atoms with E-state index in [2.05, 4.69) is 13.8 Å². The van der Waals surface area contributed by atoms with E-state index in [-0.39, 0.29) is 0 Å². The van der Waals surface area contributed by atoms with E-state index in [1.54, 1.807) is 0 Å². The van der Waals surface area contributed by atoms with Crippen LogP contribution in [0.3, 0.4) is 0 Å². The third-order valence-electron chi connectivity index (χ3n) is 1.81. The molecule has 0 aromatic carbocycles. The molecule has 0 bridgehead atoms. The van der Waals surface area contributed by atoms with E-state index in [9.17, 15) is 0 Å². The molecule has 1 rings (SSSR count). The molecule has 47 valence electrons. The van der Waals surface area contributed by atoms with Gasteiger partial charge in [-0.3, -0.25) is 0 Å². The van der Waals surface area contributed by atoms with Gasteiger partial charge in [-0.25, -0.2) is 0 Å². The van der Waals surface area contributed by atoms with Gasteiger partial charge in [-0.2, -0.15) is 0 Å². The van der Waals surface area contributed by atoms with Crippen molar-refractivity contribution in [3.63, 3.8) is 0 Å². The Hall–Kier alpha value is -0.0400. The first-order chi connectivity index (χ1) is 3.80. The summed E-state index contributed by atoms with van der Waals surface area (Å²) in [6, 6.07) is 0. The molecule has 0 aromatic heterocycles. The highest BCUT2D eigenvalue weighted by molar-refractivity contribution is 4.81. The Labute approximate surface area is 51.0 Å².